The third-order valence-corrected chi connectivity index (χ3v) is 3.13. The van der Waals surface area contributed by atoms with Crippen molar-refractivity contribution in [2.75, 3.05) is 0 Å². The van der Waals surface area contributed by atoms with Gasteiger partial charge < -0.3 is 4.74 Å². The lowest BCUT2D eigenvalue weighted by atomic mass is 10.2. The van der Waals surface area contributed by atoms with Gasteiger partial charge in [-0.2, -0.15) is 0 Å². The van der Waals surface area contributed by atoms with Gasteiger partial charge in [-0.25, -0.2) is 18.4 Å². The van der Waals surface area contributed by atoms with Gasteiger partial charge in [-0.1, -0.05) is 15.9 Å². The molecule has 0 aliphatic carbocycles. The van der Waals surface area contributed by atoms with Gasteiger partial charge in [-0.05, 0) is 32.0 Å². The van der Waals surface area contributed by atoms with E-state index in [0.29, 0.717) is 4.47 Å². The maximum atomic E-state index is 11.6. The Hall–Kier alpha value is -0.920. The molecule has 0 fully saturated rings. The maximum absolute atomic E-state index is 11.6. The summed E-state index contributed by atoms with van der Waals surface area (Å²) >= 11 is 3.11. The molecule has 0 atom stereocenters. The van der Waals surface area contributed by atoms with Gasteiger partial charge in [0.05, 0.1) is 16.6 Å². The van der Waals surface area contributed by atoms with Crippen LogP contribution in [0.25, 0.3) is 0 Å². The summed E-state index contributed by atoms with van der Waals surface area (Å²) in [6.07, 6.45) is -0.278. The summed E-state index contributed by atoms with van der Waals surface area (Å²) in [5, 5.41) is 5.00. The van der Waals surface area contributed by atoms with Gasteiger partial charge in [0.2, 0.25) is 10.0 Å². The van der Waals surface area contributed by atoms with E-state index in [2.05, 4.69) is 15.9 Å². The Morgan fingerprint density at radius 2 is 1.94 bits per heavy atom. The number of hydrogen-bond donors (Lipinski definition) is 1. The average Bonchev–Trinajstić information content (AvgIpc) is 2.14. The van der Waals surface area contributed by atoms with E-state index in [9.17, 15) is 13.2 Å². The molecule has 0 unspecified atom stereocenters. The monoisotopic (exact) mass is 321 g/mol. The average molecular weight is 322 g/mol. The summed E-state index contributed by atoms with van der Waals surface area (Å²) < 4.78 is 27.8. The van der Waals surface area contributed by atoms with E-state index in [1.807, 2.05) is 0 Å². The van der Waals surface area contributed by atoms with E-state index in [4.69, 9.17) is 9.88 Å². The first-order valence-electron chi connectivity index (χ1n) is 4.74. The van der Waals surface area contributed by atoms with Crippen molar-refractivity contribution >= 4 is 31.9 Å². The molecule has 94 valence electrons. The standard InChI is InChI=1S/C10H12BrNO4S/c1-6(2)16-10(13)7-3-8(11)5-9(4-7)17(12,14)15/h3-6H,1-2H3,(H2,12,14,15). The number of benzene rings is 1. The van der Waals surface area contributed by atoms with Crippen LogP contribution >= 0.6 is 15.9 Å². The fourth-order valence-corrected chi connectivity index (χ4v) is 2.35. The van der Waals surface area contributed by atoms with Crippen molar-refractivity contribution in [3.05, 3.63) is 28.2 Å². The molecule has 0 bridgehead atoms. The van der Waals surface area contributed by atoms with Crippen LogP contribution in [0.5, 0.6) is 0 Å². The molecule has 1 rings (SSSR count). The van der Waals surface area contributed by atoms with Gasteiger partial charge in [0.1, 0.15) is 0 Å². The number of hydrogen-bond acceptors (Lipinski definition) is 4. The van der Waals surface area contributed by atoms with Crippen LogP contribution in [-0.2, 0) is 14.8 Å². The Balaban J connectivity index is 3.19. The number of rotatable bonds is 3. The van der Waals surface area contributed by atoms with Gasteiger partial charge in [0.25, 0.3) is 0 Å². The van der Waals surface area contributed by atoms with E-state index >= 15 is 0 Å². The summed E-state index contributed by atoms with van der Waals surface area (Å²) in [7, 11) is -3.85. The van der Waals surface area contributed by atoms with Crippen molar-refractivity contribution in [3.8, 4) is 0 Å². The van der Waals surface area contributed by atoms with Gasteiger partial charge >= 0.3 is 5.97 Å². The third kappa shape index (κ3) is 4.10. The first-order valence-corrected chi connectivity index (χ1v) is 7.08. The molecule has 0 aromatic heterocycles. The molecule has 0 heterocycles. The summed E-state index contributed by atoms with van der Waals surface area (Å²) in [6.45, 7) is 3.41. The number of halogens is 1. The lowest BCUT2D eigenvalue weighted by Gasteiger charge is -2.09. The highest BCUT2D eigenvalue weighted by Gasteiger charge is 2.15. The van der Waals surface area contributed by atoms with Crippen molar-refractivity contribution in [1.82, 2.24) is 0 Å². The van der Waals surface area contributed by atoms with Crippen LogP contribution < -0.4 is 5.14 Å². The fourth-order valence-electron chi connectivity index (χ4n) is 1.13. The largest absolute Gasteiger partial charge is 0.459 e. The number of esters is 1. The number of carbonyl (C=O) groups is 1. The fraction of sp³-hybridized carbons (Fsp3) is 0.300. The summed E-state index contributed by atoms with van der Waals surface area (Å²) in [5.74, 6) is -0.591. The molecule has 0 aliphatic heterocycles. The predicted molar refractivity (Wildman–Crippen MR) is 66.1 cm³/mol. The molecule has 0 saturated heterocycles. The molecule has 0 radical (unpaired) electrons. The Morgan fingerprint density at radius 3 is 2.41 bits per heavy atom. The van der Waals surface area contributed by atoms with Crippen LogP contribution in [0.2, 0.25) is 0 Å². The number of nitrogens with two attached hydrogens (primary N) is 1. The Kier molecular flexibility index (Phi) is 4.29. The second kappa shape index (κ2) is 5.16. The molecule has 0 saturated carbocycles. The molecule has 17 heavy (non-hydrogen) atoms. The van der Waals surface area contributed by atoms with Crippen molar-refractivity contribution in [2.45, 2.75) is 24.8 Å². The SMILES string of the molecule is CC(C)OC(=O)c1cc(Br)cc(S(N)(=O)=O)c1. The zero-order valence-corrected chi connectivity index (χ0v) is 11.7. The van der Waals surface area contributed by atoms with Gasteiger partial charge in [-0.3, -0.25) is 0 Å². The van der Waals surface area contributed by atoms with Crippen molar-refractivity contribution < 1.29 is 17.9 Å². The first kappa shape index (κ1) is 14.1. The summed E-state index contributed by atoms with van der Waals surface area (Å²) in [5.41, 5.74) is 0.136. The van der Waals surface area contributed by atoms with Crippen LogP contribution in [0.4, 0.5) is 0 Å². The zero-order chi connectivity index (χ0) is 13.2. The molecule has 0 aliphatic rings. The normalized spacial score (nSPS) is 11.6. The van der Waals surface area contributed by atoms with E-state index in [-0.39, 0.29) is 16.6 Å². The highest BCUT2D eigenvalue weighted by atomic mass is 79.9. The summed E-state index contributed by atoms with van der Waals surface area (Å²) in [6, 6.07) is 3.98. The second-order valence-corrected chi connectivity index (χ2v) is 6.15. The minimum absolute atomic E-state index is 0.136. The Labute approximate surface area is 108 Å². The smallest absolute Gasteiger partial charge is 0.338 e. The Morgan fingerprint density at radius 1 is 1.35 bits per heavy atom. The van der Waals surface area contributed by atoms with E-state index in [1.54, 1.807) is 13.8 Å². The Bertz CT molecular complexity index is 539. The van der Waals surface area contributed by atoms with Crippen LogP contribution in [0.3, 0.4) is 0 Å². The lowest BCUT2D eigenvalue weighted by molar-refractivity contribution is 0.0377. The maximum Gasteiger partial charge on any atom is 0.338 e. The molecular formula is C10H12BrNO4S. The molecule has 1 aromatic rings. The topological polar surface area (TPSA) is 86.5 Å². The van der Waals surface area contributed by atoms with Crippen molar-refractivity contribution in [1.29, 1.82) is 0 Å². The van der Waals surface area contributed by atoms with E-state index < -0.39 is 16.0 Å². The van der Waals surface area contributed by atoms with Crippen LogP contribution in [0.1, 0.15) is 24.2 Å². The van der Waals surface area contributed by atoms with Crippen LogP contribution in [0, 0.1) is 0 Å². The van der Waals surface area contributed by atoms with Gasteiger partial charge in [-0.15, -0.1) is 0 Å². The highest BCUT2D eigenvalue weighted by molar-refractivity contribution is 9.10. The lowest BCUT2D eigenvalue weighted by Crippen LogP contribution is -2.15. The molecule has 2 N–H and O–H groups in total. The molecular weight excluding hydrogens is 310 g/mol. The second-order valence-electron chi connectivity index (χ2n) is 3.67. The highest BCUT2D eigenvalue weighted by Crippen LogP contribution is 2.19. The van der Waals surface area contributed by atoms with E-state index in [1.165, 1.54) is 18.2 Å². The molecule has 0 amide bonds. The molecule has 7 heteroatoms. The molecule has 1 aromatic carbocycles. The van der Waals surface area contributed by atoms with Crippen molar-refractivity contribution in [2.24, 2.45) is 5.14 Å². The molecule has 0 spiro atoms. The van der Waals surface area contributed by atoms with Gasteiger partial charge in [0, 0.05) is 4.47 Å². The number of sulfonamides is 1. The quantitative estimate of drug-likeness (QED) is 0.858. The predicted octanol–water partition coefficient (Wildman–Crippen LogP) is 1.66. The zero-order valence-electron chi connectivity index (χ0n) is 9.31. The minimum atomic E-state index is -3.85. The minimum Gasteiger partial charge on any atom is -0.459 e. The first-order chi connectivity index (χ1) is 7.70. The van der Waals surface area contributed by atoms with Crippen LogP contribution in [0.15, 0.2) is 27.6 Å². The molecule has 5 nitrogen and oxygen atoms in total. The van der Waals surface area contributed by atoms with E-state index in [0.717, 1.165) is 0 Å². The number of carbonyl (C=O) groups excluding carboxylic acids is 1. The van der Waals surface area contributed by atoms with Crippen molar-refractivity contribution in [3.63, 3.8) is 0 Å². The number of primary sulfonamides is 1. The van der Waals surface area contributed by atoms with Gasteiger partial charge in [0.15, 0.2) is 0 Å². The summed E-state index contributed by atoms with van der Waals surface area (Å²) in [4.78, 5) is 11.5. The van der Waals surface area contributed by atoms with Crippen LogP contribution in [-0.4, -0.2) is 20.5 Å². The third-order valence-electron chi connectivity index (χ3n) is 1.78. The number of ether oxygens (including phenoxy) is 1.